The molecule has 0 aromatic heterocycles. The maximum absolute atomic E-state index is 11.0. The van der Waals surface area contributed by atoms with E-state index in [9.17, 15) is 4.79 Å². The maximum Gasteiger partial charge on any atom is 0.242 e. The summed E-state index contributed by atoms with van der Waals surface area (Å²) in [4.78, 5) is 14.9. The van der Waals surface area contributed by atoms with Crippen molar-refractivity contribution in [3.63, 3.8) is 0 Å². The van der Waals surface area contributed by atoms with Crippen LogP contribution in [0.25, 0.3) is 0 Å². The third-order valence-electron chi connectivity index (χ3n) is 2.72. The normalized spacial score (nSPS) is 9.55. The van der Waals surface area contributed by atoms with Crippen LogP contribution < -0.4 is 0 Å². The summed E-state index contributed by atoms with van der Waals surface area (Å²) in [5.41, 5.74) is 2.27. The van der Waals surface area contributed by atoms with E-state index in [0.29, 0.717) is 0 Å². The van der Waals surface area contributed by atoms with E-state index in [2.05, 4.69) is 4.99 Å². The molecular weight excluding hydrogens is 270 g/mol. The van der Waals surface area contributed by atoms with Gasteiger partial charge in [0.2, 0.25) is 5.91 Å². The summed E-state index contributed by atoms with van der Waals surface area (Å²) in [6.07, 6.45) is 1.72. The SMILES string of the molecule is CC.CC.CC(=O)N=CC(c1ccccc1)c1ccccc1. The largest absolute Gasteiger partial charge is 0.273 e. The second-order valence-electron chi connectivity index (χ2n) is 4.10. The second kappa shape index (κ2) is 12.5. The van der Waals surface area contributed by atoms with Crippen molar-refractivity contribution in [2.24, 2.45) is 4.99 Å². The van der Waals surface area contributed by atoms with Gasteiger partial charge in [-0.25, -0.2) is 4.99 Å². The minimum absolute atomic E-state index is 0.0244. The summed E-state index contributed by atoms with van der Waals surface area (Å²) < 4.78 is 0. The molecule has 0 bridgehead atoms. The zero-order valence-corrected chi connectivity index (χ0v) is 14.3. The van der Waals surface area contributed by atoms with E-state index in [-0.39, 0.29) is 11.8 Å². The van der Waals surface area contributed by atoms with E-state index in [4.69, 9.17) is 0 Å². The van der Waals surface area contributed by atoms with Gasteiger partial charge in [0.15, 0.2) is 0 Å². The van der Waals surface area contributed by atoms with Gasteiger partial charge in [0.25, 0.3) is 0 Å². The highest BCUT2D eigenvalue weighted by Gasteiger charge is 2.10. The Morgan fingerprint density at radius 1 is 0.818 bits per heavy atom. The molecule has 0 saturated heterocycles. The number of carbonyl (C=O) groups is 1. The van der Waals surface area contributed by atoms with E-state index in [1.54, 1.807) is 6.21 Å². The fourth-order valence-electron chi connectivity index (χ4n) is 1.86. The molecule has 0 aliphatic heterocycles. The first kappa shape index (κ1) is 19.8. The quantitative estimate of drug-likeness (QED) is 0.689. The Kier molecular flexibility index (Phi) is 11.3. The van der Waals surface area contributed by atoms with E-state index >= 15 is 0 Å². The number of aliphatic imine (C=N–C) groups is 1. The highest BCUT2D eigenvalue weighted by molar-refractivity contribution is 5.87. The van der Waals surface area contributed by atoms with Crippen molar-refractivity contribution in [1.29, 1.82) is 0 Å². The summed E-state index contributed by atoms with van der Waals surface area (Å²) in [6, 6.07) is 20.1. The van der Waals surface area contributed by atoms with Crippen LogP contribution in [-0.4, -0.2) is 12.1 Å². The average molecular weight is 297 g/mol. The van der Waals surface area contributed by atoms with Crippen molar-refractivity contribution in [3.05, 3.63) is 71.8 Å². The number of hydrogen-bond acceptors (Lipinski definition) is 1. The van der Waals surface area contributed by atoms with Crippen molar-refractivity contribution in [2.45, 2.75) is 40.5 Å². The zero-order valence-electron chi connectivity index (χ0n) is 14.3. The molecule has 0 heterocycles. The molecule has 0 aliphatic carbocycles. The lowest BCUT2D eigenvalue weighted by molar-refractivity contribution is -0.115. The van der Waals surface area contributed by atoms with Gasteiger partial charge in [0.1, 0.15) is 0 Å². The van der Waals surface area contributed by atoms with Crippen LogP contribution in [0.3, 0.4) is 0 Å². The van der Waals surface area contributed by atoms with Gasteiger partial charge in [0, 0.05) is 19.1 Å². The van der Waals surface area contributed by atoms with Gasteiger partial charge in [-0.2, -0.15) is 0 Å². The Hall–Kier alpha value is -2.22. The highest BCUT2D eigenvalue weighted by Crippen LogP contribution is 2.22. The van der Waals surface area contributed by atoms with Crippen LogP contribution in [0.4, 0.5) is 0 Å². The summed E-state index contributed by atoms with van der Waals surface area (Å²) in [5.74, 6) is -0.150. The first-order valence-electron chi connectivity index (χ1n) is 7.92. The van der Waals surface area contributed by atoms with Crippen LogP contribution in [0.15, 0.2) is 65.7 Å². The molecule has 2 rings (SSSR count). The van der Waals surface area contributed by atoms with Crippen LogP contribution in [0.2, 0.25) is 0 Å². The van der Waals surface area contributed by atoms with E-state index in [1.807, 2.05) is 88.4 Å². The van der Waals surface area contributed by atoms with Crippen LogP contribution >= 0.6 is 0 Å². The lowest BCUT2D eigenvalue weighted by atomic mass is 9.92. The molecule has 0 aliphatic rings. The standard InChI is InChI=1S/C16H15NO.2C2H6/c1-13(18)17-12-16(14-8-4-2-5-9-14)15-10-6-3-7-11-15;2*1-2/h2-12,16H,1H3;2*1-2H3. The molecule has 22 heavy (non-hydrogen) atoms. The fraction of sp³-hybridized carbons (Fsp3) is 0.300. The molecule has 0 fully saturated rings. The number of carbonyl (C=O) groups excluding carboxylic acids is 1. The van der Waals surface area contributed by atoms with E-state index in [1.165, 1.54) is 6.92 Å². The van der Waals surface area contributed by atoms with E-state index < -0.39 is 0 Å². The third-order valence-corrected chi connectivity index (χ3v) is 2.72. The van der Waals surface area contributed by atoms with Crippen LogP contribution in [-0.2, 0) is 4.79 Å². The molecule has 0 atom stereocenters. The smallest absolute Gasteiger partial charge is 0.242 e. The molecule has 2 aromatic rings. The lowest BCUT2D eigenvalue weighted by Crippen LogP contribution is -2.03. The Bertz CT molecular complexity index is 493. The first-order chi connectivity index (χ1) is 10.8. The molecule has 0 N–H and O–H groups in total. The van der Waals surface area contributed by atoms with Gasteiger partial charge >= 0.3 is 0 Å². The molecule has 2 aromatic carbocycles. The Balaban J connectivity index is 0.00000102. The highest BCUT2D eigenvalue weighted by atomic mass is 16.1. The molecule has 0 saturated carbocycles. The van der Waals surface area contributed by atoms with Gasteiger partial charge in [-0.05, 0) is 11.1 Å². The predicted octanol–water partition coefficient (Wildman–Crippen LogP) is 5.49. The monoisotopic (exact) mass is 297 g/mol. The third kappa shape index (κ3) is 6.98. The molecule has 0 radical (unpaired) electrons. The van der Waals surface area contributed by atoms with Crippen LogP contribution in [0.1, 0.15) is 51.7 Å². The van der Waals surface area contributed by atoms with Crippen molar-refractivity contribution in [3.8, 4) is 0 Å². The van der Waals surface area contributed by atoms with Crippen molar-refractivity contribution < 1.29 is 4.79 Å². The predicted molar refractivity (Wildman–Crippen MR) is 96.6 cm³/mol. The van der Waals surface area contributed by atoms with Gasteiger partial charge in [-0.15, -0.1) is 0 Å². The molecule has 2 heteroatoms. The first-order valence-corrected chi connectivity index (χ1v) is 7.92. The van der Waals surface area contributed by atoms with Crippen molar-refractivity contribution in [2.75, 3.05) is 0 Å². The minimum atomic E-state index is -0.174. The number of hydrogen-bond donors (Lipinski definition) is 0. The Morgan fingerprint density at radius 2 is 1.18 bits per heavy atom. The minimum Gasteiger partial charge on any atom is -0.273 e. The van der Waals surface area contributed by atoms with E-state index in [0.717, 1.165) is 11.1 Å². The van der Waals surface area contributed by atoms with Crippen LogP contribution in [0, 0.1) is 0 Å². The number of rotatable bonds is 3. The molecule has 2 nitrogen and oxygen atoms in total. The summed E-state index contributed by atoms with van der Waals surface area (Å²) in [7, 11) is 0. The fourth-order valence-corrected chi connectivity index (χ4v) is 1.86. The van der Waals surface area contributed by atoms with Crippen molar-refractivity contribution in [1.82, 2.24) is 0 Å². The molecule has 1 amide bonds. The Labute approximate surface area is 134 Å². The summed E-state index contributed by atoms with van der Waals surface area (Å²) in [6.45, 7) is 9.46. The topological polar surface area (TPSA) is 29.4 Å². The Morgan fingerprint density at radius 3 is 1.50 bits per heavy atom. The second-order valence-corrected chi connectivity index (χ2v) is 4.10. The van der Waals surface area contributed by atoms with Crippen molar-refractivity contribution >= 4 is 12.1 Å². The molecule has 0 unspecified atom stereocenters. The lowest BCUT2D eigenvalue weighted by Gasteiger charge is -2.12. The molecule has 118 valence electrons. The molecule has 0 spiro atoms. The molecular formula is C20H27NO. The van der Waals surface area contributed by atoms with Crippen LogP contribution in [0.5, 0.6) is 0 Å². The van der Waals surface area contributed by atoms with Gasteiger partial charge in [0.05, 0.1) is 0 Å². The number of nitrogens with zero attached hydrogens (tertiary/aromatic N) is 1. The zero-order chi connectivity index (χ0) is 16.8. The summed E-state index contributed by atoms with van der Waals surface area (Å²) in [5, 5.41) is 0. The number of amides is 1. The van der Waals surface area contributed by atoms with Gasteiger partial charge in [-0.1, -0.05) is 88.4 Å². The maximum atomic E-state index is 11.0. The number of benzene rings is 2. The van der Waals surface area contributed by atoms with Gasteiger partial charge < -0.3 is 0 Å². The average Bonchev–Trinajstić information content (AvgIpc) is 2.60. The van der Waals surface area contributed by atoms with Gasteiger partial charge in [-0.3, -0.25) is 4.79 Å². The summed E-state index contributed by atoms with van der Waals surface area (Å²) >= 11 is 0.